The summed E-state index contributed by atoms with van der Waals surface area (Å²) in [5, 5.41) is 2.78. The molecule has 1 aliphatic heterocycles. The molecule has 4 rings (SSSR count). The molecule has 1 saturated heterocycles. The SMILES string of the molecule is C[C@H](NC(=O)COC(=O)c1ccc(N2C(=O)[C@@H]3CC=CC[C@H]3C2=O)cc1)c1ccccc1. The number of carbonyl (C=O) groups excluding carboxylic acids is 4. The van der Waals surface area contributed by atoms with Crippen LogP contribution in [-0.2, 0) is 19.1 Å². The molecule has 0 spiro atoms. The number of imide groups is 1. The topological polar surface area (TPSA) is 92.8 Å². The van der Waals surface area contributed by atoms with Gasteiger partial charge in [-0.3, -0.25) is 19.3 Å². The van der Waals surface area contributed by atoms with E-state index in [0.29, 0.717) is 18.5 Å². The zero-order chi connectivity index (χ0) is 22.7. The normalized spacial score (nSPS) is 20.6. The molecule has 164 valence electrons. The van der Waals surface area contributed by atoms with Crippen LogP contribution >= 0.6 is 0 Å². The van der Waals surface area contributed by atoms with E-state index >= 15 is 0 Å². The second-order valence-corrected chi connectivity index (χ2v) is 7.99. The number of nitrogens with one attached hydrogen (secondary N) is 1. The van der Waals surface area contributed by atoms with E-state index in [4.69, 9.17) is 4.74 Å². The van der Waals surface area contributed by atoms with Gasteiger partial charge in [-0.2, -0.15) is 0 Å². The number of esters is 1. The maximum absolute atomic E-state index is 12.7. The van der Waals surface area contributed by atoms with Crippen LogP contribution < -0.4 is 10.2 Å². The third-order valence-corrected chi connectivity index (χ3v) is 5.88. The Hall–Kier alpha value is -3.74. The average Bonchev–Trinajstić information content (AvgIpc) is 3.08. The highest BCUT2D eigenvalue weighted by atomic mass is 16.5. The first kappa shape index (κ1) is 21.5. The standard InChI is InChI=1S/C25H24N2O5/c1-16(17-7-3-2-4-8-17)26-22(28)15-32-25(31)18-11-13-19(14-12-18)27-23(29)20-9-5-6-10-21(20)24(27)30/h2-8,11-14,16,20-21H,9-10,15H2,1H3,(H,26,28)/t16-,20+,21+/m0/s1. The number of ether oxygens (including phenoxy) is 1. The van der Waals surface area contributed by atoms with Gasteiger partial charge in [0.05, 0.1) is 29.1 Å². The number of hydrogen-bond acceptors (Lipinski definition) is 5. The fourth-order valence-electron chi connectivity index (χ4n) is 4.12. The summed E-state index contributed by atoms with van der Waals surface area (Å²) < 4.78 is 5.10. The van der Waals surface area contributed by atoms with Crippen molar-refractivity contribution in [2.24, 2.45) is 11.8 Å². The lowest BCUT2D eigenvalue weighted by Gasteiger charge is -2.15. The molecule has 0 bridgehead atoms. The number of carbonyl (C=O) groups is 4. The van der Waals surface area contributed by atoms with E-state index in [2.05, 4.69) is 5.32 Å². The first-order valence-corrected chi connectivity index (χ1v) is 10.6. The Bertz CT molecular complexity index is 1040. The second-order valence-electron chi connectivity index (χ2n) is 7.99. The van der Waals surface area contributed by atoms with Crippen LogP contribution in [0.2, 0.25) is 0 Å². The van der Waals surface area contributed by atoms with E-state index in [0.717, 1.165) is 5.56 Å². The summed E-state index contributed by atoms with van der Waals surface area (Å²) in [6.07, 6.45) is 5.01. The van der Waals surface area contributed by atoms with Gasteiger partial charge >= 0.3 is 5.97 Å². The molecular formula is C25H24N2O5. The Kier molecular flexibility index (Phi) is 6.16. The summed E-state index contributed by atoms with van der Waals surface area (Å²) in [6.45, 7) is 1.44. The van der Waals surface area contributed by atoms with Crippen molar-refractivity contribution in [3.05, 3.63) is 77.9 Å². The van der Waals surface area contributed by atoms with Gasteiger partial charge in [0.15, 0.2) is 6.61 Å². The minimum Gasteiger partial charge on any atom is -0.452 e. The first-order chi connectivity index (χ1) is 15.5. The van der Waals surface area contributed by atoms with E-state index in [1.807, 2.05) is 49.4 Å². The number of fused-ring (bicyclic) bond motifs is 1. The lowest BCUT2D eigenvalue weighted by molar-refractivity contribution is -0.125. The summed E-state index contributed by atoms with van der Waals surface area (Å²) in [7, 11) is 0. The number of allylic oxidation sites excluding steroid dienone is 2. The first-order valence-electron chi connectivity index (χ1n) is 10.6. The molecule has 0 unspecified atom stereocenters. The smallest absolute Gasteiger partial charge is 0.338 e. The summed E-state index contributed by atoms with van der Waals surface area (Å²) in [5.74, 6) is -2.09. The molecular weight excluding hydrogens is 408 g/mol. The Morgan fingerprint density at radius 3 is 2.16 bits per heavy atom. The zero-order valence-corrected chi connectivity index (χ0v) is 17.7. The molecule has 2 aromatic rings. The van der Waals surface area contributed by atoms with Crippen LogP contribution in [0.4, 0.5) is 5.69 Å². The van der Waals surface area contributed by atoms with Gasteiger partial charge in [0.2, 0.25) is 11.8 Å². The average molecular weight is 432 g/mol. The molecule has 1 aliphatic carbocycles. The highest BCUT2D eigenvalue weighted by Crippen LogP contribution is 2.37. The molecule has 3 amide bonds. The fraction of sp³-hybridized carbons (Fsp3) is 0.280. The lowest BCUT2D eigenvalue weighted by Crippen LogP contribution is -2.31. The summed E-state index contributed by atoms with van der Waals surface area (Å²) >= 11 is 0. The van der Waals surface area contributed by atoms with Crippen LogP contribution in [0.15, 0.2) is 66.7 Å². The largest absolute Gasteiger partial charge is 0.452 e. The van der Waals surface area contributed by atoms with Crippen LogP contribution in [0.25, 0.3) is 0 Å². The van der Waals surface area contributed by atoms with Crippen molar-refractivity contribution in [1.82, 2.24) is 5.32 Å². The predicted molar refractivity (Wildman–Crippen MR) is 118 cm³/mol. The van der Waals surface area contributed by atoms with Crippen LogP contribution in [0.5, 0.6) is 0 Å². The van der Waals surface area contributed by atoms with Crippen molar-refractivity contribution >= 4 is 29.4 Å². The number of nitrogens with zero attached hydrogens (tertiary/aromatic N) is 1. The molecule has 1 heterocycles. The van der Waals surface area contributed by atoms with Crippen molar-refractivity contribution in [1.29, 1.82) is 0 Å². The molecule has 1 fully saturated rings. The molecule has 32 heavy (non-hydrogen) atoms. The summed E-state index contributed by atoms with van der Waals surface area (Å²) in [5.41, 5.74) is 1.61. The molecule has 2 aromatic carbocycles. The molecule has 0 saturated carbocycles. The van der Waals surface area contributed by atoms with Gasteiger partial charge in [-0.05, 0) is 49.6 Å². The van der Waals surface area contributed by atoms with Crippen LogP contribution in [0.1, 0.15) is 41.7 Å². The summed E-state index contributed by atoms with van der Waals surface area (Å²) in [6, 6.07) is 15.3. The maximum atomic E-state index is 12.7. The molecule has 3 atom stereocenters. The number of anilines is 1. The molecule has 1 N–H and O–H groups in total. The van der Waals surface area contributed by atoms with E-state index in [-0.39, 0.29) is 35.3 Å². The predicted octanol–water partition coefficient (Wildman–Crippen LogP) is 3.18. The van der Waals surface area contributed by atoms with E-state index in [9.17, 15) is 19.2 Å². The van der Waals surface area contributed by atoms with Gasteiger partial charge in [0, 0.05) is 0 Å². The lowest BCUT2D eigenvalue weighted by atomic mass is 9.85. The Morgan fingerprint density at radius 1 is 0.969 bits per heavy atom. The maximum Gasteiger partial charge on any atom is 0.338 e. The van der Waals surface area contributed by atoms with Crippen LogP contribution in [-0.4, -0.2) is 30.3 Å². The monoisotopic (exact) mass is 432 g/mol. The molecule has 2 aliphatic rings. The Balaban J connectivity index is 1.33. The van der Waals surface area contributed by atoms with E-state index in [1.54, 1.807) is 12.1 Å². The fourth-order valence-corrected chi connectivity index (χ4v) is 4.12. The van der Waals surface area contributed by atoms with Crippen molar-refractivity contribution in [3.63, 3.8) is 0 Å². The van der Waals surface area contributed by atoms with Crippen molar-refractivity contribution in [3.8, 4) is 0 Å². The minimum atomic E-state index is -0.656. The molecule has 7 nitrogen and oxygen atoms in total. The quantitative estimate of drug-likeness (QED) is 0.430. The minimum absolute atomic E-state index is 0.205. The van der Waals surface area contributed by atoms with Gasteiger partial charge in [0.25, 0.3) is 5.91 Å². The second kappa shape index (κ2) is 9.18. The van der Waals surface area contributed by atoms with Gasteiger partial charge in [0.1, 0.15) is 0 Å². The highest BCUT2D eigenvalue weighted by Gasteiger charge is 2.47. The van der Waals surface area contributed by atoms with Gasteiger partial charge in [-0.25, -0.2) is 4.79 Å². The van der Waals surface area contributed by atoms with E-state index < -0.39 is 18.5 Å². The number of rotatable bonds is 6. The van der Waals surface area contributed by atoms with Crippen molar-refractivity contribution in [2.45, 2.75) is 25.8 Å². The Labute approximate surface area is 186 Å². The van der Waals surface area contributed by atoms with Crippen LogP contribution in [0.3, 0.4) is 0 Å². The number of benzene rings is 2. The van der Waals surface area contributed by atoms with Crippen LogP contribution in [0, 0.1) is 11.8 Å². The Morgan fingerprint density at radius 2 is 1.56 bits per heavy atom. The molecule has 0 aromatic heterocycles. The van der Waals surface area contributed by atoms with Gasteiger partial charge in [-0.1, -0.05) is 42.5 Å². The number of hydrogen-bond donors (Lipinski definition) is 1. The van der Waals surface area contributed by atoms with E-state index in [1.165, 1.54) is 17.0 Å². The molecule has 7 heteroatoms. The van der Waals surface area contributed by atoms with Gasteiger partial charge in [-0.15, -0.1) is 0 Å². The highest BCUT2D eigenvalue weighted by molar-refractivity contribution is 6.22. The van der Waals surface area contributed by atoms with Crippen molar-refractivity contribution in [2.75, 3.05) is 11.5 Å². The van der Waals surface area contributed by atoms with Gasteiger partial charge < -0.3 is 10.1 Å². The third-order valence-electron chi connectivity index (χ3n) is 5.88. The summed E-state index contributed by atoms with van der Waals surface area (Å²) in [4.78, 5) is 51.0. The van der Waals surface area contributed by atoms with Crippen molar-refractivity contribution < 1.29 is 23.9 Å². The zero-order valence-electron chi connectivity index (χ0n) is 17.7. The number of amides is 3. The third kappa shape index (κ3) is 4.32. The molecule has 0 radical (unpaired) electrons.